The minimum absolute atomic E-state index is 0.0168. The van der Waals surface area contributed by atoms with Gasteiger partial charge < -0.3 is 15.4 Å². The number of rotatable bonds is 4. The fourth-order valence-corrected chi connectivity index (χ4v) is 1.52. The molecule has 2 N–H and O–H groups in total. The Hall–Kier alpha value is -0.770. The van der Waals surface area contributed by atoms with E-state index in [1.54, 1.807) is 4.90 Å². The smallest absolute Gasteiger partial charge is 0.410 e. The molecule has 17 heavy (non-hydrogen) atoms. The molecule has 1 aliphatic rings. The summed E-state index contributed by atoms with van der Waals surface area (Å²) in [5, 5.41) is 0. The van der Waals surface area contributed by atoms with Crippen LogP contribution in [-0.2, 0) is 4.74 Å². The SMILES string of the molecule is CC(C)C(N)CN(C(=O)OC(C)(C)C)C1CC1. The zero-order chi connectivity index (χ0) is 13.2. The maximum atomic E-state index is 12.0. The Morgan fingerprint density at radius 2 is 1.94 bits per heavy atom. The lowest BCUT2D eigenvalue weighted by atomic mass is 10.1. The minimum Gasteiger partial charge on any atom is -0.444 e. The van der Waals surface area contributed by atoms with E-state index in [1.807, 2.05) is 20.8 Å². The van der Waals surface area contributed by atoms with Crippen LogP contribution in [0.5, 0.6) is 0 Å². The van der Waals surface area contributed by atoms with Crippen molar-refractivity contribution in [2.24, 2.45) is 11.7 Å². The highest BCUT2D eigenvalue weighted by Gasteiger charge is 2.36. The zero-order valence-electron chi connectivity index (χ0n) is 11.7. The van der Waals surface area contributed by atoms with Crippen molar-refractivity contribution < 1.29 is 9.53 Å². The van der Waals surface area contributed by atoms with Crippen molar-refractivity contribution in [2.75, 3.05) is 6.54 Å². The van der Waals surface area contributed by atoms with Crippen molar-refractivity contribution in [3.8, 4) is 0 Å². The van der Waals surface area contributed by atoms with Gasteiger partial charge in [0.25, 0.3) is 0 Å². The number of nitrogens with zero attached hydrogens (tertiary/aromatic N) is 1. The van der Waals surface area contributed by atoms with Crippen molar-refractivity contribution in [2.45, 2.75) is 65.1 Å². The molecule has 0 aromatic carbocycles. The molecule has 0 bridgehead atoms. The highest BCUT2D eigenvalue weighted by molar-refractivity contribution is 5.69. The van der Waals surface area contributed by atoms with Crippen LogP contribution in [-0.4, -0.2) is 35.2 Å². The van der Waals surface area contributed by atoms with Gasteiger partial charge in [-0.05, 0) is 39.5 Å². The first-order valence-electron chi connectivity index (χ1n) is 6.46. The highest BCUT2D eigenvalue weighted by Crippen LogP contribution is 2.28. The third-order valence-electron chi connectivity index (χ3n) is 2.88. The number of hydrogen-bond acceptors (Lipinski definition) is 3. The van der Waals surface area contributed by atoms with Gasteiger partial charge in [0, 0.05) is 18.6 Å². The van der Waals surface area contributed by atoms with Crippen molar-refractivity contribution in [3.63, 3.8) is 0 Å². The second kappa shape index (κ2) is 5.25. The Morgan fingerprint density at radius 1 is 1.41 bits per heavy atom. The van der Waals surface area contributed by atoms with E-state index in [2.05, 4.69) is 13.8 Å². The van der Waals surface area contributed by atoms with Crippen molar-refractivity contribution >= 4 is 6.09 Å². The lowest BCUT2D eigenvalue weighted by molar-refractivity contribution is 0.0214. The number of hydrogen-bond donors (Lipinski definition) is 1. The number of nitrogens with two attached hydrogens (primary N) is 1. The van der Waals surface area contributed by atoms with Crippen molar-refractivity contribution in [1.29, 1.82) is 0 Å². The van der Waals surface area contributed by atoms with Crippen molar-refractivity contribution in [3.05, 3.63) is 0 Å². The molecule has 1 unspecified atom stereocenters. The van der Waals surface area contributed by atoms with Gasteiger partial charge in [-0.2, -0.15) is 0 Å². The van der Waals surface area contributed by atoms with E-state index < -0.39 is 5.60 Å². The van der Waals surface area contributed by atoms with Gasteiger partial charge in [0.15, 0.2) is 0 Å². The van der Waals surface area contributed by atoms with Crippen LogP contribution in [0.1, 0.15) is 47.5 Å². The van der Waals surface area contributed by atoms with Crippen molar-refractivity contribution in [1.82, 2.24) is 4.90 Å². The molecular weight excluding hydrogens is 216 g/mol. The van der Waals surface area contributed by atoms with Gasteiger partial charge in [-0.25, -0.2) is 4.79 Å². The monoisotopic (exact) mass is 242 g/mol. The minimum atomic E-state index is -0.438. The van der Waals surface area contributed by atoms with Crippen LogP contribution in [0.2, 0.25) is 0 Å². The summed E-state index contributed by atoms with van der Waals surface area (Å²) in [5.41, 5.74) is 5.60. The van der Waals surface area contributed by atoms with Crippen LogP contribution in [0.3, 0.4) is 0 Å². The molecule has 0 aliphatic heterocycles. The van der Waals surface area contributed by atoms with E-state index in [9.17, 15) is 4.79 Å². The molecule has 100 valence electrons. The largest absolute Gasteiger partial charge is 0.444 e. The first-order valence-corrected chi connectivity index (χ1v) is 6.46. The second-order valence-corrected chi connectivity index (χ2v) is 6.27. The Balaban J connectivity index is 2.57. The first-order chi connectivity index (χ1) is 7.70. The average molecular weight is 242 g/mol. The quantitative estimate of drug-likeness (QED) is 0.823. The van der Waals surface area contributed by atoms with Crippen LogP contribution in [0.25, 0.3) is 0 Å². The summed E-state index contributed by atoms with van der Waals surface area (Å²) in [4.78, 5) is 13.8. The molecule has 4 nitrogen and oxygen atoms in total. The second-order valence-electron chi connectivity index (χ2n) is 6.27. The maximum absolute atomic E-state index is 12.0. The fraction of sp³-hybridized carbons (Fsp3) is 0.923. The lowest BCUT2D eigenvalue weighted by Crippen LogP contribution is -2.46. The van der Waals surface area contributed by atoms with Crippen LogP contribution in [0.4, 0.5) is 4.79 Å². The van der Waals surface area contributed by atoms with E-state index in [0.717, 1.165) is 12.8 Å². The average Bonchev–Trinajstić information content (AvgIpc) is 2.93. The summed E-state index contributed by atoms with van der Waals surface area (Å²) in [7, 11) is 0. The Labute approximate surface area is 104 Å². The fourth-order valence-electron chi connectivity index (χ4n) is 1.52. The normalized spacial score (nSPS) is 18.1. The molecule has 0 heterocycles. The topological polar surface area (TPSA) is 55.6 Å². The van der Waals surface area contributed by atoms with Gasteiger partial charge >= 0.3 is 6.09 Å². The van der Waals surface area contributed by atoms with E-state index in [-0.39, 0.29) is 12.1 Å². The predicted octanol–water partition coefficient (Wildman–Crippen LogP) is 2.37. The molecule has 4 heteroatoms. The number of carbonyl (C=O) groups is 1. The van der Waals surface area contributed by atoms with E-state index in [4.69, 9.17) is 10.5 Å². The molecule has 0 saturated heterocycles. The van der Waals surface area contributed by atoms with Crippen LogP contribution in [0, 0.1) is 5.92 Å². The van der Waals surface area contributed by atoms with E-state index in [1.165, 1.54) is 0 Å². The molecule has 0 radical (unpaired) electrons. The summed E-state index contributed by atoms with van der Waals surface area (Å²) in [6, 6.07) is 0.359. The molecule has 1 fully saturated rings. The predicted molar refractivity (Wildman–Crippen MR) is 68.8 cm³/mol. The molecule has 0 aromatic rings. The molecule has 0 aromatic heterocycles. The van der Waals surface area contributed by atoms with Gasteiger partial charge in [0.1, 0.15) is 5.60 Å². The molecule has 1 amide bonds. The summed E-state index contributed by atoms with van der Waals surface area (Å²) < 4.78 is 5.41. The standard InChI is InChI=1S/C13H26N2O2/c1-9(2)11(14)8-15(10-6-7-10)12(16)17-13(3,4)5/h9-11H,6-8,14H2,1-5H3. The summed E-state index contributed by atoms with van der Waals surface area (Å²) in [6.45, 7) is 10.4. The van der Waals surface area contributed by atoms with Gasteiger partial charge in [0.05, 0.1) is 0 Å². The maximum Gasteiger partial charge on any atom is 0.410 e. The molecule has 1 aliphatic carbocycles. The molecule has 1 saturated carbocycles. The number of amides is 1. The van der Waals surface area contributed by atoms with Crippen LogP contribution < -0.4 is 5.73 Å². The summed E-state index contributed by atoms with van der Waals surface area (Å²) in [5.74, 6) is 0.374. The van der Waals surface area contributed by atoms with Gasteiger partial charge in [0.2, 0.25) is 0 Å². The molecule has 1 atom stereocenters. The van der Waals surface area contributed by atoms with Gasteiger partial charge in [-0.3, -0.25) is 0 Å². The summed E-state index contributed by atoms with van der Waals surface area (Å²) in [6.07, 6.45) is 1.92. The van der Waals surface area contributed by atoms with Gasteiger partial charge in [-0.1, -0.05) is 13.8 Å². The molecular formula is C13H26N2O2. The number of ether oxygens (including phenoxy) is 1. The van der Waals surface area contributed by atoms with Gasteiger partial charge in [-0.15, -0.1) is 0 Å². The Morgan fingerprint density at radius 3 is 2.29 bits per heavy atom. The Bertz CT molecular complexity index is 267. The number of carbonyl (C=O) groups excluding carboxylic acids is 1. The Kier molecular flexibility index (Phi) is 4.42. The zero-order valence-corrected chi connectivity index (χ0v) is 11.7. The van der Waals surface area contributed by atoms with Crippen LogP contribution in [0.15, 0.2) is 0 Å². The van der Waals surface area contributed by atoms with E-state index in [0.29, 0.717) is 18.5 Å². The highest BCUT2D eigenvalue weighted by atomic mass is 16.6. The van der Waals surface area contributed by atoms with E-state index >= 15 is 0 Å². The third kappa shape index (κ3) is 4.94. The molecule has 0 spiro atoms. The first kappa shape index (κ1) is 14.3. The molecule has 1 rings (SSSR count). The van der Waals surface area contributed by atoms with Crippen LogP contribution >= 0.6 is 0 Å². The summed E-state index contributed by atoms with van der Waals surface area (Å²) >= 11 is 0. The third-order valence-corrected chi connectivity index (χ3v) is 2.88. The lowest BCUT2D eigenvalue weighted by Gasteiger charge is -2.30.